The fourth-order valence-corrected chi connectivity index (χ4v) is 12.3. The normalized spacial score (nSPS) is 25.5. The van der Waals surface area contributed by atoms with Crippen molar-refractivity contribution in [1.29, 1.82) is 0 Å². The summed E-state index contributed by atoms with van der Waals surface area (Å²) < 4.78 is 0. The zero-order chi connectivity index (χ0) is 62.3. The number of rotatable bonds is 8. The molecule has 8 atom stereocenters. The van der Waals surface area contributed by atoms with Crippen molar-refractivity contribution in [3.8, 4) is 0 Å². The molecule has 0 bridgehead atoms. The van der Waals surface area contributed by atoms with Crippen LogP contribution in [0, 0.1) is 116 Å². The molecule has 7 saturated carbocycles. The van der Waals surface area contributed by atoms with Crippen LogP contribution in [0.5, 0.6) is 0 Å². The van der Waals surface area contributed by atoms with E-state index in [0.717, 1.165) is 94.7 Å². The second-order valence-corrected chi connectivity index (χ2v) is 33.5. The summed E-state index contributed by atoms with van der Waals surface area (Å²) in [7, 11) is 0. The van der Waals surface area contributed by atoms with Crippen molar-refractivity contribution in [2.45, 2.75) is 477 Å². The molecule has 0 N–H and O–H groups in total. The van der Waals surface area contributed by atoms with E-state index in [1.165, 1.54) is 173 Å². The van der Waals surface area contributed by atoms with Crippen molar-refractivity contribution < 1.29 is 0 Å². The molecule has 0 nitrogen and oxygen atoms in total. The summed E-state index contributed by atoms with van der Waals surface area (Å²) in [5.41, 5.74) is 2.34. The highest BCUT2D eigenvalue weighted by Gasteiger charge is 2.43. The van der Waals surface area contributed by atoms with E-state index >= 15 is 0 Å². The molecule has 0 aromatic heterocycles. The predicted molar refractivity (Wildman–Crippen MR) is 446 cm³/mol. The van der Waals surface area contributed by atoms with E-state index < -0.39 is 0 Å². The van der Waals surface area contributed by atoms with Gasteiger partial charge in [0.15, 0.2) is 0 Å². The first kappa shape index (κ1) is 127. The van der Waals surface area contributed by atoms with Crippen molar-refractivity contribution in [1.82, 2.24) is 0 Å². The van der Waals surface area contributed by atoms with Crippen molar-refractivity contribution in [2.75, 3.05) is 0 Å². The van der Waals surface area contributed by atoms with Crippen molar-refractivity contribution in [2.24, 2.45) is 116 Å². The summed E-state index contributed by atoms with van der Waals surface area (Å²) in [6.45, 7) is 74.2. The van der Waals surface area contributed by atoms with Crippen LogP contribution in [0.3, 0.4) is 0 Å². The Bertz CT molecular complexity index is 1210. The minimum Gasteiger partial charge on any atom is -0.0776 e. The van der Waals surface area contributed by atoms with Gasteiger partial charge in [0, 0.05) is 0 Å². The van der Waals surface area contributed by atoms with E-state index in [9.17, 15) is 0 Å². The summed E-state index contributed by atoms with van der Waals surface area (Å²) in [6.07, 6.45) is 38.6. The zero-order valence-electron chi connectivity index (χ0n) is 62.3. The first-order valence-electron chi connectivity index (χ1n) is 36.4. The molecule has 570 valence electrons. The molecule has 6 unspecified atom stereocenters. The maximum Gasteiger partial charge on any atom is -0.0323 e. The van der Waals surface area contributed by atoms with Crippen molar-refractivity contribution in [3.63, 3.8) is 0 Å². The Morgan fingerprint density at radius 3 is 0.789 bits per heavy atom. The standard InChI is InChI=1S/C10H20.C9H18.2C8H16.2C7H14.C6H12.4C6H14.11CH4/c1-8-9(2,3)6-7-10(8,4)5;1-7-5-6-9(3,4)8(7)2;1-6-4-7(2)8(3)5-6;1-6-4-5-7(2)8(6)3;1-6-4-3-5-7(6)2;1-7-5-3-2-4-6-7;1-2-3-6-4-5-6;1-5-6(2,3)4;2*1-4-5-6(2)3;1-4-6(3)5-2;;;;;;;;;;;/h8H,6-7H2,1-5H3;7-8H,5-6H2,1-4H3;2*6-8H,4-5H2,1-3H3;6-7H,3-5H2,1-2H3;7H,2-6H2,1H3;6H,2-5H2,1H3;5H2,1-4H3;3*6H,4-5H2,1-3H3;11*1H4/t;7?,8-;;;6-,7?;;;;;;;;;;;;;;;;;/m.1..1................./s1. The van der Waals surface area contributed by atoms with Crippen LogP contribution in [0.1, 0.15) is 477 Å². The molecule has 0 heteroatoms. The van der Waals surface area contributed by atoms with Crippen molar-refractivity contribution >= 4 is 0 Å². The number of hydrogen-bond donors (Lipinski definition) is 0. The Balaban J connectivity index is -0.0000000525. The fourth-order valence-electron chi connectivity index (χ4n) is 12.3. The molecule has 0 saturated heterocycles. The largest absolute Gasteiger partial charge is 0.0776 e. The van der Waals surface area contributed by atoms with E-state index in [0.29, 0.717) is 21.7 Å². The lowest BCUT2D eigenvalue weighted by Crippen LogP contribution is -2.24. The van der Waals surface area contributed by atoms with Gasteiger partial charge in [0.2, 0.25) is 0 Å². The lowest BCUT2D eigenvalue weighted by atomic mass is 9.74. The Morgan fingerprint density at radius 1 is 0.356 bits per heavy atom. The SMILES string of the molecule is C.C.C.C.C.C.C.C.C.C.C.CC1C(C)(C)CCC1(C)C.CC1CC(C)C(C)C1.CC1CCC(C)(C)[C@@H]1C.CC1CCC(C)C1C.CC1CCCCC1.CC1CCC[C@H]1C.CCC(C)(C)C.CCC(C)CC.CCCC(C)C.CCCC(C)C.CCCC1CC1. The van der Waals surface area contributed by atoms with E-state index in [-0.39, 0.29) is 81.7 Å². The molecule has 0 heterocycles. The second kappa shape index (κ2) is 70.3. The highest BCUT2D eigenvalue weighted by atomic mass is 14.5. The quantitative estimate of drug-likeness (QED) is 0.227. The topological polar surface area (TPSA) is 0 Å². The van der Waals surface area contributed by atoms with Crippen LogP contribution in [0.4, 0.5) is 0 Å². The molecule has 0 aromatic rings. The molecule has 0 radical (unpaired) electrons. The molecule has 7 aliphatic rings. The molecular weight excluding hydrogens is 1080 g/mol. The molecule has 0 aromatic carbocycles. The van der Waals surface area contributed by atoms with Gasteiger partial charge in [-0.05, 0) is 155 Å². The van der Waals surface area contributed by atoms with Gasteiger partial charge >= 0.3 is 0 Å². The van der Waals surface area contributed by atoms with Gasteiger partial charge in [-0.1, -0.05) is 438 Å². The average molecular weight is 1290 g/mol. The van der Waals surface area contributed by atoms with Gasteiger partial charge in [0.1, 0.15) is 0 Å². The van der Waals surface area contributed by atoms with Crippen LogP contribution in [0.15, 0.2) is 0 Å². The molecule has 7 aliphatic carbocycles. The molecular formula is C90H210. The second-order valence-electron chi connectivity index (χ2n) is 33.5. The van der Waals surface area contributed by atoms with Crippen LogP contribution in [0.25, 0.3) is 0 Å². The maximum absolute atomic E-state index is 2.40. The molecule has 0 amide bonds. The van der Waals surface area contributed by atoms with Gasteiger partial charge in [-0.15, -0.1) is 0 Å². The van der Waals surface area contributed by atoms with E-state index in [2.05, 4.69) is 222 Å². The lowest BCUT2D eigenvalue weighted by Gasteiger charge is -2.31. The first-order valence-corrected chi connectivity index (χ1v) is 36.4. The lowest BCUT2D eigenvalue weighted by molar-refractivity contribution is 0.179. The van der Waals surface area contributed by atoms with Crippen LogP contribution >= 0.6 is 0 Å². The van der Waals surface area contributed by atoms with Gasteiger partial charge in [-0.3, -0.25) is 0 Å². The minimum absolute atomic E-state index is 0. The molecule has 0 aliphatic heterocycles. The summed E-state index contributed by atoms with van der Waals surface area (Å²) in [5.74, 6) is 15.6. The third kappa shape index (κ3) is 70.8. The third-order valence-corrected chi connectivity index (χ3v) is 22.2. The average Bonchev–Trinajstić information content (AvgIpc) is 3.78. The Kier molecular flexibility index (Phi) is 99.0. The minimum atomic E-state index is 0. The smallest absolute Gasteiger partial charge is 0.0323 e. The van der Waals surface area contributed by atoms with Gasteiger partial charge in [-0.2, -0.15) is 0 Å². The maximum atomic E-state index is 2.40. The summed E-state index contributed by atoms with van der Waals surface area (Å²) in [4.78, 5) is 0. The van der Waals surface area contributed by atoms with Crippen molar-refractivity contribution in [3.05, 3.63) is 0 Å². The van der Waals surface area contributed by atoms with Gasteiger partial charge in [-0.25, -0.2) is 0 Å². The highest BCUT2D eigenvalue weighted by molar-refractivity contribution is 4.93. The van der Waals surface area contributed by atoms with E-state index in [1.54, 1.807) is 0 Å². The summed E-state index contributed by atoms with van der Waals surface area (Å²) >= 11 is 0. The van der Waals surface area contributed by atoms with Crippen LogP contribution in [-0.4, -0.2) is 0 Å². The molecule has 7 fully saturated rings. The molecule has 90 heavy (non-hydrogen) atoms. The monoisotopic (exact) mass is 1290 g/mol. The first-order chi connectivity index (χ1) is 36.4. The summed E-state index contributed by atoms with van der Waals surface area (Å²) in [5, 5.41) is 0. The van der Waals surface area contributed by atoms with Gasteiger partial charge in [0.05, 0.1) is 0 Å². The Morgan fingerprint density at radius 2 is 0.700 bits per heavy atom. The number of hydrogen-bond acceptors (Lipinski definition) is 0. The summed E-state index contributed by atoms with van der Waals surface area (Å²) in [6, 6.07) is 0. The predicted octanol–water partition coefficient (Wildman–Crippen LogP) is 35.9. The van der Waals surface area contributed by atoms with Crippen LogP contribution in [0.2, 0.25) is 0 Å². The van der Waals surface area contributed by atoms with E-state index in [1.807, 2.05) is 0 Å². The van der Waals surface area contributed by atoms with Gasteiger partial charge < -0.3 is 0 Å². The highest BCUT2D eigenvalue weighted by Crippen LogP contribution is 2.53. The van der Waals surface area contributed by atoms with Crippen LogP contribution < -0.4 is 0 Å². The van der Waals surface area contributed by atoms with Crippen LogP contribution in [-0.2, 0) is 0 Å². The van der Waals surface area contributed by atoms with E-state index in [4.69, 9.17) is 0 Å². The Labute approximate surface area is 589 Å². The molecule has 0 spiro atoms. The fraction of sp³-hybridized carbons (Fsp3) is 1.00. The van der Waals surface area contributed by atoms with Gasteiger partial charge in [0.25, 0.3) is 0 Å². The third-order valence-electron chi connectivity index (χ3n) is 22.2. The molecule has 7 rings (SSSR count). The zero-order valence-corrected chi connectivity index (χ0v) is 62.3. The Hall–Kier alpha value is 0.